The van der Waals surface area contributed by atoms with Crippen LogP contribution >= 0.6 is 11.6 Å². The highest BCUT2D eigenvalue weighted by atomic mass is 35.5. The van der Waals surface area contributed by atoms with Crippen molar-refractivity contribution >= 4 is 21.6 Å². The highest BCUT2D eigenvalue weighted by Gasteiger charge is 2.50. The number of hydrogen-bond acceptors (Lipinski definition) is 3. The van der Waals surface area contributed by atoms with E-state index in [-0.39, 0.29) is 17.0 Å². The van der Waals surface area contributed by atoms with E-state index in [1.807, 2.05) is 6.20 Å². The number of benzene rings is 1. The number of aromatic nitrogens is 2. The summed E-state index contributed by atoms with van der Waals surface area (Å²) in [6, 6.07) is 6.46. The standard InChI is InChI=1S/C21H24ClN3O2S/c1-14-11-21-18-13-23-24(16-5-3-2-4-6-16)20(18)12-19(14)25(21)28(26,27)17-9-7-15(22)8-10-17/h7-10,13,16,19,21H,1-6,11-12H2. The van der Waals surface area contributed by atoms with E-state index in [0.717, 1.165) is 24.0 Å². The topological polar surface area (TPSA) is 55.2 Å². The molecule has 2 atom stereocenters. The predicted molar refractivity (Wildman–Crippen MR) is 109 cm³/mol. The van der Waals surface area contributed by atoms with Gasteiger partial charge in [-0.3, -0.25) is 4.68 Å². The van der Waals surface area contributed by atoms with E-state index in [2.05, 4.69) is 11.3 Å². The molecule has 0 spiro atoms. The van der Waals surface area contributed by atoms with Gasteiger partial charge in [-0.25, -0.2) is 8.42 Å². The Bertz CT molecular complexity index is 1020. The lowest BCUT2D eigenvalue weighted by atomic mass is 9.94. The van der Waals surface area contributed by atoms with Gasteiger partial charge in [-0.2, -0.15) is 9.40 Å². The van der Waals surface area contributed by atoms with Gasteiger partial charge in [0.2, 0.25) is 10.0 Å². The molecule has 1 saturated heterocycles. The van der Waals surface area contributed by atoms with Crippen molar-refractivity contribution in [3.05, 3.63) is 58.9 Å². The van der Waals surface area contributed by atoms with Crippen LogP contribution in [0.15, 0.2) is 47.5 Å². The summed E-state index contributed by atoms with van der Waals surface area (Å²) >= 11 is 5.95. The van der Waals surface area contributed by atoms with Crippen molar-refractivity contribution in [2.75, 3.05) is 0 Å². The van der Waals surface area contributed by atoms with Crippen LogP contribution in [0.25, 0.3) is 0 Å². The number of fused-ring (bicyclic) bond motifs is 4. The molecule has 148 valence electrons. The molecule has 1 aliphatic carbocycles. The minimum atomic E-state index is -3.63. The molecule has 0 radical (unpaired) electrons. The Morgan fingerprint density at radius 1 is 1.04 bits per heavy atom. The Morgan fingerprint density at radius 3 is 2.46 bits per heavy atom. The van der Waals surface area contributed by atoms with Crippen molar-refractivity contribution in [2.24, 2.45) is 0 Å². The van der Waals surface area contributed by atoms with Crippen LogP contribution in [0.3, 0.4) is 0 Å². The van der Waals surface area contributed by atoms with Crippen LogP contribution in [0, 0.1) is 0 Å². The van der Waals surface area contributed by atoms with Crippen molar-refractivity contribution in [3.63, 3.8) is 0 Å². The highest BCUT2D eigenvalue weighted by Crippen LogP contribution is 2.49. The summed E-state index contributed by atoms with van der Waals surface area (Å²) in [6.45, 7) is 4.22. The van der Waals surface area contributed by atoms with Crippen molar-refractivity contribution in [1.82, 2.24) is 14.1 Å². The minimum absolute atomic E-state index is 0.197. The first-order valence-corrected chi connectivity index (χ1v) is 11.8. The fourth-order valence-corrected chi connectivity index (χ4v) is 7.06. The molecule has 7 heteroatoms. The second-order valence-electron chi connectivity index (χ2n) is 8.17. The van der Waals surface area contributed by atoms with E-state index in [9.17, 15) is 8.42 Å². The molecule has 5 nitrogen and oxygen atoms in total. The Morgan fingerprint density at radius 2 is 1.75 bits per heavy atom. The summed E-state index contributed by atoms with van der Waals surface area (Å²) in [5.74, 6) is 0. The Kier molecular flexibility index (Phi) is 4.41. The van der Waals surface area contributed by atoms with Crippen molar-refractivity contribution in [2.45, 2.75) is 68.0 Å². The first-order valence-electron chi connectivity index (χ1n) is 10.00. The van der Waals surface area contributed by atoms with E-state index >= 15 is 0 Å². The summed E-state index contributed by atoms with van der Waals surface area (Å²) < 4.78 is 30.7. The van der Waals surface area contributed by atoms with E-state index in [1.54, 1.807) is 28.6 Å². The molecule has 1 aromatic carbocycles. The van der Waals surface area contributed by atoms with Gasteiger partial charge in [-0.1, -0.05) is 43.0 Å². The van der Waals surface area contributed by atoms with Crippen LogP contribution in [-0.4, -0.2) is 28.5 Å². The third kappa shape index (κ3) is 2.77. The number of rotatable bonds is 3. The second kappa shape index (κ2) is 6.71. The molecule has 3 aliphatic rings. The lowest BCUT2D eigenvalue weighted by Gasteiger charge is -2.35. The van der Waals surface area contributed by atoms with Gasteiger partial charge in [0.15, 0.2) is 0 Å². The molecule has 1 saturated carbocycles. The lowest BCUT2D eigenvalue weighted by molar-refractivity contribution is 0.286. The maximum Gasteiger partial charge on any atom is 0.244 e. The molecule has 2 aliphatic heterocycles. The zero-order valence-electron chi connectivity index (χ0n) is 15.7. The molecule has 28 heavy (non-hydrogen) atoms. The van der Waals surface area contributed by atoms with Crippen LogP contribution in [0.1, 0.15) is 61.9 Å². The third-order valence-electron chi connectivity index (χ3n) is 6.53. The molecule has 2 fully saturated rings. The largest absolute Gasteiger partial charge is 0.266 e. The minimum Gasteiger partial charge on any atom is -0.266 e. The Hall–Kier alpha value is -1.63. The summed E-state index contributed by atoms with van der Waals surface area (Å²) in [5.41, 5.74) is 3.26. The summed E-state index contributed by atoms with van der Waals surface area (Å²) in [7, 11) is -3.63. The summed E-state index contributed by atoms with van der Waals surface area (Å²) in [6.07, 6.45) is 9.35. The monoisotopic (exact) mass is 417 g/mol. The Labute approximate surface area is 171 Å². The third-order valence-corrected chi connectivity index (χ3v) is 8.71. The highest BCUT2D eigenvalue weighted by molar-refractivity contribution is 7.89. The molecule has 2 aromatic rings. The van der Waals surface area contributed by atoms with Crippen LogP contribution in [0.2, 0.25) is 5.02 Å². The number of hydrogen-bond donors (Lipinski definition) is 0. The molecule has 3 heterocycles. The summed E-state index contributed by atoms with van der Waals surface area (Å²) in [4.78, 5) is 0.282. The molecular weight excluding hydrogens is 394 g/mol. The van der Waals surface area contributed by atoms with Crippen LogP contribution in [0.5, 0.6) is 0 Å². The second-order valence-corrected chi connectivity index (χ2v) is 10.4. The van der Waals surface area contributed by atoms with Gasteiger partial charge in [0, 0.05) is 22.7 Å². The molecule has 5 rings (SSSR count). The number of nitrogens with zero attached hydrogens (tertiary/aromatic N) is 3. The van der Waals surface area contributed by atoms with Crippen molar-refractivity contribution in [3.8, 4) is 0 Å². The fraction of sp³-hybridized carbons (Fsp3) is 0.476. The van der Waals surface area contributed by atoms with Gasteiger partial charge in [-0.15, -0.1) is 0 Å². The van der Waals surface area contributed by atoms with Gasteiger partial charge in [0.25, 0.3) is 0 Å². The number of sulfonamides is 1. The molecule has 2 unspecified atom stereocenters. The van der Waals surface area contributed by atoms with E-state index in [1.165, 1.54) is 25.0 Å². The van der Waals surface area contributed by atoms with E-state index in [0.29, 0.717) is 23.9 Å². The Balaban J connectivity index is 1.54. The quantitative estimate of drug-likeness (QED) is 0.682. The van der Waals surface area contributed by atoms with Crippen LogP contribution < -0.4 is 0 Å². The maximum atomic E-state index is 13.4. The van der Waals surface area contributed by atoms with Crippen molar-refractivity contribution in [1.29, 1.82) is 0 Å². The van der Waals surface area contributed by atoms with Gasteiger partial charge in [-0.05, 0) is 43.5 Å². The maximum absolute atomic E-state index is 13.4. The first-order chi connectivity index (χ1) is 13.5. The van der Waals surface area contributed by atoms with Crippen LogP contribution in [0.4, 0.5) is 0 Å². The summed E-state index contributed by atoms with van der Waals surface area (Å²) in [5, 5.41) is 5.24. The average Bonchev–Trinajstić information content (AvgIpc) is 3.23. The average molecular weight is 418 g/mol. The van der Waals surface area contributed by atoms with Gasteiger partial charge in [0.05, 0.1) is 29.2 Å². The van der Waals surface area contributed by atoms with Gasteiger partial charge < -0.3 is 0 Å². The first kappa shape index (κ1) is 18.4. The SMILES string of the molecule is C=C1CC2c3cnn(C4CCCCC4)c3CC1N2S(=O)(=O)c1ccc(Cl)cc1. The van der Waals surface area contributed by atoms with E-state index < -0.39 is 10.0 Å². The zero-order valence-corrected chi connectivity index (χ0v) is 17.3. The molecule has 0 N–H and O–H groups in total. The zero-order chi connectivity index (χ0) is 19.5. The molecule has 2 bridgehead atoms. The van der Waals surface area contributed by atoms with Crippen molar-refractivity contribution < 1.29 is 8.42 Å². The lowest BCUT2D eigenvalue weighted by Crippen LogP contribution is -2.42. The fourth-order valence-electron chi connectivity index (χ4n) is 5.13. The number of halogens is 1. The van der Waals surface area contributed by atoms with Crippen LogP contribution in [-0.2, 0) is 16.4 Å². The normalized spacial score (nSPS) is 25.8. The molecule has 0 amide bonds. The van der Waals surface area contributed by atoms with Gasteiger partial charge >= 0.3 is 0 Å². The molecule has 1 aromatic heterocycles. The molecular formula is C21H24ClN3O2S. The predicted octanol–water partition coefficient (Wildman–Crippen LogP) is 4.66. The smallest absolute Gasteiger partial charge is 0.244 e. The van der Waals surface area contributed by atoms with E-state index in [4.69, 9.17) is 16.7 Å². The van der Waals surface area contributed by atoms with Gasteiger partial charge in [0.1, 0.15) is 0 Å².